The lowest BCUT2D eigenvalue weighted by atomic mass is 9.97. The number of hydrogen-bond acceptors (Lipinski definition) is 3. The predicted octanol–water partition coefficient (Wildman–Crippen LogP) is 2.63. The van der Waals surface area contributed by atoms with Crippen LogP contribution in [0.25, 0.3) is 0 Å². The maximum atomic E-state index is 12.8. The van der Waals surface area contributed by atoms with Gasteiger partial charge in [-0.05, 0) is 37.5 Å². The van der Waals surface area contributed by atoms with Gasteiger partial charge >= 0.3 is 6.18 Å². The Morgan fingerprint density at radius 1 is 1.42 bits per heavy atom. The number of aryl methyl sites for hydroxylation is 1. The number of anilines is 1. The second kappa shape index (κ2) is 5.36. The van der Waals surface area contributed by atoms with Gasteiger partial charge in [0.1, 0.15) is 5.82 Å². The van der Waals surface area contributed by atoms with Gasteiger partial charge in [-0.25, -0.2) is 4.98 Å². The number of pyridine rings is 1. The molecule has 0 spiro atoms. The van der Waals surface area contributed by atoms with Gasteiger partial charge in [-0.2, -0.15) is 13.2 Å². The molecule has 1 fully saturated rings. The second-order valence-corrected chi connectivity index (χ2v) is 5.01. The summed E-state index contributed by atoms with van der Waals surface area (Å²) in [7, 11) is 0. The van der Waals surface area contributed by atoms with E-state index in [2.05, 4.69) is 4.98 Å². The van der Waals surface area contributed by atoms with E-state index in [1.165, 1.54) is 0 Å². The van der Waals surface area contributed by atoms with E-state index in [0.29, 0.717) is 25.3 Å². The third-order valence-corrected chi connectivity index (χ3v) is 3.44. The van der Waals surface area contributed by atoms with Crippen LogP contribution < -0.4 is 10.6 Å². The molecule has 106 valence electrons. The molecule has 2 N–H and O–H groups in total. The van der Waals surface area contributed by atoms with Crippen molar-refractivity contribution >= 4 is 5.82 Å². The molecule has 1 saturated heterocycles. The molecule has 1 aliphatic rings. The number of hydrogen-bond donors (Lipinski definition) is 1. The van der Waals surface area contributed by atoms with Crippen LogP contribution in [-0.4, -0.2) is 24.2 Å². The first kappa shape index (κ1) is 14.1. The highest BCUT2D eigenvalue weighted by Gasteiger charge is 2.42. The monoisotopic (exact) mass is 273 g/mol. The number of alkyl halides is 3. The molecule has 0 amide bonds. The molecule has 2 rings (SSSR count). The van der Waals surface area contributed by atoms with Crippen LogP contribution in [-0.2, 0) is 6.54 Å². The lowest BCUT2D eigenvalue weighted by Crippen LogP contribution is -2.42. The molecule has 0 aromatic carbocycles. The molecule has 0 radical (unpaired) electrons. The standard InChI is InChI=1S/C13H18F3N3/c1-9-5-10(7-17)6-12(18-9)19-4-2-3-11(8-19)13(14,15)16/h5-6,11H,2-4,7-8,17H2,1H3. The number of nitrogens with two attached hydrogens (primary N) is 1. The summed E-state index contributed by atoms with van der Waals surface area (Å²) in [5.41, 5.74) is 7.27. The zero-order chi connectivity index (χ0) is 14.0. The van der Waals surface area contributed by atoms with Gasteiger partial charge in [0, 0.05) is 25.3 Å². The summed E-state index contributed by atoms with van der Waals surface area (Å²) in [5.74, 6) is -0.653. The molecule has 0 saturated carbocycles. The van der Waals surface area contributed by atoms with Crippen LogP contribution in [0.1, 0.15) is 24.1 Å². The smallest absolute Gasteiger partial charge is 0.356 e. The van der Waals surface area contributed by atoms with Gasteiger partial charge in [0.15, 0.2) is 0 Å². The van der Waals surface area contributed by atoms with Crippen molar-refractivity contribution < 1.29 is 13.2 Å². The fraction of sp³-hybridized carbons (Fsp3) is 0.615. The van der Waals surface area contributed by atoms with Crippen LogP contribution >= 0.6 is 0 Å². The Bertz CT molecular complexity index is 445. The van der Waals surface area contributed by atoms with Crippen LogP contribution in [0.5, 0.6) is 0 Å². The molecular formula is C13H18F3N3. The van der Waals surface area contributed by atoms with E-state index in [1.54, 1.807) is 11.0 Å². The average Bonchev–Trinajstić information content (AvgIpc) is 2.37. The molecule has 0 aliphatic carbocycles. The SMILES string of the molecule is Cc1cc(CN)cc(N2CCCC(C(F)(F)F)C2)n1. The summed E-state index contributed by atoms with van der Waals surface area (Å²) in [6, 6.07) is 3.64. The van der Waals surface area contributed by atoms with Crippen molar-refractivity contribution in [3.63, 3.8) is 0 Å². The molecule has 2 heterocycles. The first-order valence-electron chi connectivity index (χ1n) is 6.39. The highest BCUT2D eigenvalue weighted by molar-refractivity contribution is 5.43. The van der Waals surface area contributed by atoms with Crippen molar-refractivity contribution in [2.45, 2.75) is 32.5 Å². The molecule has 1 aromatic rings. The molecule has 0 bridgehead atoms. The zero-order valence-corrected chi connectivity index (χ0v) is 10.9. The van der Waals surface area contributed by atoms with Crippen molar-refractivity contribution in [1.29, 1.82) is 0 Å². The Hall–Kier alpha value is -1.30. The van der Waals surface area contributed by atoms with Gasteiger partial charge in [0.25, 0.3) is 0 Å². The van der Waals surface area contributed by atoms with E-state index in [0.717, 1.165) is 11.3 Å². The van der Waals surface area contributed by atoms with E-state index in [9.17, 15) is 13.2 Å². The Morgan fingerprint density at radius 3 is 2.79 bits per heavy atom. The first-order chi connectivity index (χ1) is 8.90. The predicted molar refractivity (Wildman–Crippen MR) is 67.9 cm³/mol. The molecule has 3 nitrogen and oxygen atoms in total. The summed E-state index contributed by atoms with van der Waals surface area (Å²) in [6.07, 6.45) is -3.38. The van der Waals surface area contributed by atoms with E-state index in [1.807, 2.05) is 13.0 Å². The van der Waals surface area contributed by atoms with Crippen molar-refractivity contribution in [2.24, 2.45) is 11.7 Å². The fourth-order valence-corrected chi connectivity index (χ4v) is 2.45. The Kier molecular flexibility index (Phi) is 3.99. The van der Waals surface area contributed by atoms with Crippen LogP contribution in [0.15, 0.2) is 12.1 Å². The normalized spacial score (nSPS) is 20.7. The highest BCUT2D eigenvalue weighted by atomic mass is 19.4. The van der Waals surface area contributed by atoms with Gasteiger partial charge in [-0.1, -0.05) is 0 Å². The maximum Gasteiger partial charge on any atom is 0.393 e. The topological polar surface area (TPSA) is 42.1 Å². The van der Waals surface area contributed by atoms with Crippen molar-refractivity contribution in [2.75, 3.05) is 18.0 Å². The molecule has 1 atom stereocenters. The number of aromatic nitrogens is 1. The van der Waals surface area contributed by atoms with E-state index < -0.39 is 12.1 Å². The summed E-state index contributed by atoms with van der Waals surface area (Å²) in [4.78, 5) is 6.04. The van der Waals surface area contributed by atoms with Crippen molar-refractivity contribution in [3.05, 3.63) is 23.4 Å². The minimum Gasteiger partial charge on any atom is -0.356 e. The van der Waals surface area contributed by atoms with Crippen LogP contribution in [0, 0.1) is 12.8 Å². The van der Waals surface area contributed by atoms with Crippen LogP contribution in [0.2, 0.25) is 0 Å². The van der Waals surface area contributed by atoms with Gasteiger partial charge in [0.2, 0.25) is 0 Å². The zero-order valence-electron chi connectivity index (χ0n) is 10.9. The number of rotatable bonds is 2. The summed E-state index contributed by atoms with van der Waals surface area (Å²) in [5, 5.41) is 0. The number of nitrogens with zero attached hydrogens (tertiary/aromatic N) is 2. The van der Waals surface area contributed by atoms with E-state index in [-0.39, 0.29) is 13.0 Å². The van der Waals surface area contributed by atoms with Gasteiger partial charge in [-0.3, -0.25) is 0 Å². The lowest BCUT2D eigenvalue weighted by Gasteiger charge is -2.34. The molecule has 1 aromatic heterocycles. The highest BCUT2D eigenvalue weighted by Crippen LogP contribution is 2.34. The molecule has 1 unspecified atom stereocenters. The molecule has 1 aliphatic heterocycles. The van der Waals surface area contributed by atoms with Gasteiger partial charge < -0.3 is 10.6 Å². The molecular weight excluding hydrogens is 255 g/mol. The summed E-state index contributed by atoms with van der Waals surface area (Å²) in [6.45, 7) is 2.80. The van der Waals surface area contributed by atoms with Crippen LogP contribution in [0.3, 0.4) is 0 Å². The Labute approximate surface area is 110 Å². The summed E-state index contributed by atoms with van der Waals surface area (Å²) < 4.78 is 38.4. The molecule has 6 heteroatoms. The van der Waals surface area contributed by atoms with E-state index in [4.69, 9.17) is 5.73 Å². The first-order valence-corrected chi connectivity index (χ1v) is 6.39. The quantitative estimate of drug-likeness (QED) is 0.900. The number of halogens is 3. The summed E-state index contributed by atoms with van der Waals surface area (Å²) >= 11 is 0. The minimum absolute atomic E-state index is 0.00996. The van der Waals surface area contributed by atoms with Gasteiger partial charge in [-0.15, -0.1) is 0 Å². The maximum absolute atomic E-state index is 12.8. The second-order valence-electron chi connectivity index (χ2n) is 5.01. The third-order valence-electron chi connectivity index (χ3n) is 3.44. The number of piperidine rings is 1. The van der Waals surface area contributed by atoms with Gasteiger partial charge in [0.05, 0.1) is 5.92 Å². The van der Waals surface area contributed by atoms with Crippen molar-refractivity contribution in [3.8, 4) is 0 Å². The largest absolute Gasteiger partial charge is 0.393 e. The average molecular weight is 273 g/mol. The minimum atomic E-state index is -4.13. The Balaban J connectivity index is 2.19. The third kappa shape index (κ3) is 3.37. The molecule has 19 heavy (non-hydrogen) atoms. The lowest BCUT2D eigenvalue weighted by molar-refractivity contribution is -0.176. The fourth-order valence-electron chi connectivity index (χ4n) is 2.45. The van der Waals surface area contributed by atoms with Crippen molar-refractivity contribution in [1.82, 2.24) is 4.98 Å². The Morgan fingerprint density at radius 2 is 2.16 bits per heavy atom. The van der Waals surface area contributed by atoms with E-state index >= 15 is 0 Å². The van der Waals surface area contributed by atoms with Crippen LogP contribution in [0.4, 0.5) is 19.0 Å².